The van der Waals surface area contributed by atoms with Crippen LogP contribution in [-0.2, 0) is 4.57 Å². The molecular weight excluding hydrogens is 257 g/mol. The van der Waals surface area contributed by atoms with Gasteiger partial charge in [-0.05, 0) is 42.0 Å². The minimum absolute atomic E-state index is 0.764. The van der Waals surface area contributed by atoms with Crippen molar-refractivity contribution in [3.63, 3.8) is 0 Å². The minimum atomic E-state index is -2.69. The number of nitrogens with zero attached hydrogens (tertiary/aromatic N) is 1. The Labute approximate surface area is 113 Å². The first-order chi connectivity index (χ1) is 9.12. The lowest BCUT2D eigenvalue weighted by molar-refractivity contribution is 0.415. The Hall–Kier alpha value is -1.86. The molecule has 19 heavy (non-hydrogen) atoms. The molecule has 0 aliphatic rings. The van der Waals surface area contributed by atoms with Crippen LogP contribution in [0.3, 0.4) is 0 Å². The molecule has 3 nitrogen and oxygen atoms in total. The summed E-state index contributed by atoms with van der Waals surface area (Å²) in [4.78, 5) is 0. The topological polar surface area (TPSA) is 38.7 Å². The molecule has 2 aromatic carbocycles. The van der Waals surface area contributed by atoms with Crippen LogP contribution in [-0.4, -0.2) is 20.0 Å². The van der Waals surface area contributed by atoms with Crippen LogP contribution in [0.1, 0.15) is 5.56 Å². The van der Waals surface area contributed by atoms with Crippen LogP contribution in [0.15, 0.2) is 59.4 Å². The third kappa shape index (κ3) is 3.55. The van der Waals surface area contributed by atoms with Crippen LogP contribution in [0.2, 0.25) is 0 Å². The second-order valence-corrected chi connectivity index (χ2v) is 6.74. The zero-order valence-corrected chi connectivity index (χ0v) is 11.9. The van der Waals surface area contributed by atoms with Crippen LogP contribution in [0, 0.1) is 0 Å². The predicted octanol–water partition coefficient (Wildman–Crippen LogP) is 3.35. The van der Waals surface area contributed by atoms with Gasteiger partial charge in [-0.25, -0.2) is 4.76 Å². The van der Waals surface area contributed by atoms with E-state index in [4.69, 9.17) is 4.74 Å². The Bertz CT molecular complexity index is 606. The van der Waals surface area contributed by atoms with Crippen molar-refractivity contribution in [3.8, 4) is 5.75 Å². The molecule has 4 heteroatoms. The van der Waals surface area contributed by atoms with Gasteiger partial charge in [-0.1, -0.05) is 18.2 Å². The fraction of sp³-hybridized carbons (Fsp3) is 0.133. The van der Waals surface area contributed by atoms with Gasteiger partial charge in [0.25, 0.3) is 0 Å². The van der Waals surface area contributed by atoms with Crippen LogP contribution in [0.5, 0.6) is 5.75 Å². The maximum atomic E-state index is 12.5. The van der Waals surface area contributed by atoms with E-state index >= 15 is 0 Å². The quantitative estimate of drug-likeness (QED) is 0.633. The van der Waals surface area contributed by atoms with E-state index in [0.29, 0.717) is 0 Å². The van der Waals surface area contributed by atoms with Gasteiger partial charge in [-0.3, -0.25) is 4.57 Å². The van der Waals surface area contributed by atoms with Crippen LogP contribution in [0.25, 0.3) is 0 Å². The Morgan fingerprint density at radius 1 is 1.05 bits per heavy atom. The number of ether oxygens (including phenoxy) is 1. The maximum absolute atomic E-state index is 12.5. The number of benzene rings is 2. The van der Waals surface area contributed by atoms with E-state index in [9.17, 15) is 4.57 Å². The lowest BCUT2D eigenvalue weighted by Crippen LogP contribution is -2.00. The van der Waals surface area contributed by atoms with E-state index in [-0.39, 0.29) is 0 Å². The molecule has 0 aliphatic heterocycles. The number of rotatable bonds is 4. The van der Waals surface area contributed by atoms with Gasteiger partial charge in [0.15, 0.2) is 0 Å². The Kier molecular flexibility index (Phi) is 4.18. The van der Waals surface area contributed by atoms with E-state index in [1.165, 1.54) is 0 Å². The molecule has 1 atom stereocenters. The van der Waals surface area contributed by atoms with E-state index in [2.05, 4.69) is 4.76 Å². The third-order valence-electron chi connectivity index (χ3n) is 2.78. The molecule has 0 saturated heterocycles. The van der Waals surface area contributed by atoms with Crippen molar-refractivity contribution in [1.29, 1.82) is 0 Å². The average molecular weight is 273 g/mol. The molecule has 0 bridgehead atoms. The summed E-state index contributed by atoms with van der Waals surface area (Å²) < 4.78 is 21.8. The van der Waals surface area contributed by atoms with Gasteiger partial charge in [0, 0.05) is 18.2 Å². The molecule has 0 saturated carbocycles. The highest BCUT2D eigenvalue weighted by Gasteiger charge is 2.14. The van der Waals surface area contributed by atoms with Gasteiger partial charge in [-0.2, -0.15) is 0 Å². The highest BCUT2D eigenvalue weighted by atomic mass is 31.2. The molecule has 0 amide bonds. The Morgan fingerprint density at radius 2 is 1.68 bits per heavy atom. The number of methoxy groups -OCH3 is 1. The summed E-state index contributed by atoms with van der Waals surface area (Å²) in [5.74, 6) is 0.792. The summed E-state index contributed by atoms with van der Waals surface area (Å²) in [6.07, 6.45) is 1.65. The van der Waals surface area contributed by atoms with E-state index in [1.54, 1.807) is 20.0 Å². The first-order valence-corrected chi connectivity index (χ1v) is 8.05. The van der Waals surface area contributed by atoms with Crippen molar-refractivity contribution in [2.24, 2.45) is 4.76 Å². The van der Waals surface area contributed by atoms with Gasteiger partial charge >= 0.3 is 0 Å². The molecule has 2 rings (SSSR count). The third-order valence-corrected chi connectivity index (χ3v) is 4.59. The molecule has 2 aromatic rings. The second kappa shape index (κ2) is 5.85. The smallest absolute Gasteiger partial charge is 0.215 e. The van der Waals surface area contributed by atoms with Crippen LogP contribution in [0.4, 0.5) is 0 Å². The zero-order valence-electron chi connectivity index (χ0n) is 11.0. The van der Waals surface area contributed by atoms with Crippen molar-refractivity contribution in [1.82, 2.24) is 0 Å². The normalized spacial score (nSPS) is 14.2. The van der Waals surface area contributed by atoms with Crippen molar-refractivity contribution in [3.05, 3.63) is 60.2 Å². The summed E-state index contributed by atoms with van der Waals surface area (Å²) >= 11 is 0. The van der Waals surface area contributed by atoms with Gasteiger partial charge < -0.3 is 4.74 Å². The SMILES string of the molecule is COc1ccc(/C=N/P(C)(=O)c2ccccc2)cc1. The highest BCUT2D eigenvalue weighted by Crippen LogP contribution is 2.41. The van der Waals surface area contributed by atoms with Crippen LogP contribution < -0.4 is 10.0 Å². The fourth-order valence-corrected chi connectivity index (χ4v) is 2.85. The zero-order chi connectivity index (χ0) is 13.7. The van der Waals surface area contributed by atoms with Crippen molar-refractivity contribution in [2.75, 3.05) is 13.8 Å². The molecule has 0 N–H and O–H groups in total. The summed E-state index contributed by atoms with van der Waals surface area (Å²) in [7, 11) is -1.07. The molecule has 0 aliphatic carbocycles. The lowest BCUT2D eigenvalue weighted by atomic mass is 10.2. The molecular formula is C15H16NO2P. The van der Waals surface area contributed by atoms with Crippen molar-refractivity contribution >= 4 is 18.8 Å². The van der Waals surface area contributed by atoms with Gasteiger partial charge in [-0.15, -0.1) is 0 Å². The summed E-state index contributed by atoms with van der Waals surface area (Å²) in [5, 5.41) is 0.764. The second-order valence-electron chi connectivity index (χ2n) is 4.23. The van der Waals surface area contributed by atoms with Crippen molar-refractivity contribution in [2.45, 2.75) is 0 Å². The first-order valence-electron chi connectivity index (χ1n) is 5.94. The highest BCUT2D eigenvalue weighted by molar-refractivity contribution is 7.69. The van der Waals surface area contributed by atoms with Crippen molar-refractivity contribution < 1.29 is 9.30 Å². The predicted molar refractivity (Wildman–Crippen MR) is 80.2 cm³/mol. The van der Waals surface area contributed by atoms with Gasteiger partial charge in [0.1, 0.15) is 5.75 Å². The fourth-order valence-electron chi connectivity index (χ4n) is 1.64. The molecule has 0 fully saturated rings. The number of hydrogen-bond donors (Lipinski definition) is 0. The van der Waals surface area contributed by atoms with Gasteiger partial charge in [0.2, 0.25) is 7.29 Å². The molecule has 0 heterocycles. The first kappa shape index (κ1) is 13.6. The van der Waals surface area contributed by atoms with E-state index < -0.39 is 7.29 Å². The Balaban J connectivity index is 2.19. The lowest BCUT2D eigenvalue weighted by Gasteiger charge is -2.07. The minimum Gasteiger partial charge on any atom is -0.497 e. The molecule has 0 aromatic heterocycles. The standard InChI is InChI=1S/C15H16NO2P/c1-18-14-10-8-13(9-11-14)12-16-19(2,17)15-6-4-3-5-7-15/h3-12H,1-2H3/b16-12+. The number of hydrogen-bond acceptors (Lipinski definition) is 2. The van der Waals surface area contributed by atoms with E-state index in [0.717, 1.165) is 16.6 Å². The molecule has 98 valence electrons. The molecule has 0 radical (unpaired) electrons. The summed E-state index contributed by atoms with van der Waals surface area (Å²) in [6, 6.07) is 16.8. The summed E-state index contributed by atoms with van der Waals surface area (Å²) in [6.45, 7) is 1.67. The maximum Gasteiger partial charge on any atom is 0.215 e. The summed E-state index contributed by atoms with van der Waals surface area (Å²) in [5.41, 5.74) is 0.902. The monoisotopic (exact) mass is 273 g/mol. The van der Waals surface area contributed by atoms with E-state index in [1.807, 2.05) is 54.6 Å². The largest absolute Gasteiger partial charge is 0.497 e. The van der Waals surface area contributed by atoms with Crippen LogP contribution >= 0.6 is 7.29 Å². The molecule has 1 unspecified atom stereocenters. The van der Waals surface area contributed by atoms with Gasteiger partial charge in [0.05, 0.1) is 7.11 Å². The average Bonchev–Trinajstić information content (AvgIpc) is 2.47. The molecule has 0 spiro atoms. The Morgan fingerprint density at radius 3 is 2.26 bits per heavy atom.